The molecule has 0 N–H and O–H groups in total. The first-order valence-electron chi connectivity index (χ1n) is 6.85. The predicted molar refractivity (Wildman–Crippen MR) is 75.4 cm³/mol. The van der Waals surface area contributed by atoms with Gasteiger partial charge in [0.1, 0.15) is 5.75 Å². The summed E-state index contributed by atoms with van der Waals surface area (Å²) < 4.78 is 5.67. The zero-order valence-electron chi connectivity index (χ0n) is 12.0. The number of hydrogen-bond donors (Lipinski definition) is 0. The Bertz CT molecular complexity index is 394. The SMILES string of the molecule is CCCCCc1ccc(OC(C)C)c(C(C)=O)c1. The molecule has 0 aliphatic heterocycles. The number of ether oxygens (including phenoxy) is 1. The minimum Gasteiger partial charge on any atom is -0.490 e. The van der Waals surface area contributed by atoms with Crippen molar-refractivity contribution < 1.29 is 9.53 Å². The van der Waals surface area contributed by atoms with Crippen molar-refractivity contribution in [1.29, 1.82) is 0 Å². The highest BCUT2D eigenvalue weighted by atomic mass is 16.5. The van der Waals surface area contributed by atoms with E-state index < -0.39 is 0 Å². The van der Waals surface area contributed by atoms with Gasteiger partial charge in [-0.25, -0.2) is 0 Å². The number of aryl methyl sites for hydroxylation is 1. The van der Waals surface area contributed by atoms with Crippen molar-refractivity contribution in [2.45, 2.75) is 59.5 Å². The Hall–Kier alpha value is -1.31. The van der Waals surface area contributed by atoms with Crippen molar-refractivity contribution in [2.24, 2.45) is 0 Å². The number of unbranched alkanes of at least 4 members (excludes halogenated alkanes) is 2. The van der Waals surface area contributed by atoms with E-state index in [1.165, 1.54) is 24.8 Å². The molecule has 0 amide bonds. The highest BCUT2D eigenvalue weighted by molar-refractivity contribution is 5.97. The molecular formula is C16H24O2. The maximum Gasteiger partial charge on any atom is 0.163 e. The normalized spacial score (nSPS) is 10.7. The van der Waals surface area contributed by atoms with E-state index in [2.05, 4.69) is 13.0 Å². The number of ketones is 1. The summed E-state index contributed by atoms with van der Waals surface area (Å²) in [7, 11) is 0. The fourth-order valence-corrected chi connectivity index (χ4v) is 1.94. The fraction of sp³-hybridized carbons (Fsp3) is 0.562. The summed E-state index contributed by atoms with van der Waals surface area (Å²) >= 11 is 0. The lowest BCUT2D eigenvalue weighted by atomic mass is 10.0. The zero-order chi connectivity index (χ0) is 13.5. The van der Waals surface area contributed by atoms with E-state index in [1.54, 1.807) is 6.92 Å². The molecule has 2 nitrogen and oxygen atoms in total. The van der Waals surface area contributed by atoms with Crippen LogP contribution < -0.4 is 4.74 Å². The first-order valence-corrected chi connectivity index (χ1v) is 6.85. The van der Waals surface area contributed by atoms with Gasteiger partial charge in [0.25, 0.3) is 0 Å². The van der Waals surface area contributed by atoms with Gasteiger partial charge in [-0.2, -0.15) is 0 Å². The van der Waals surface area contributed by atoms with E-state index in [1.807, 2.05) is 26.0 Å². The van der Waals surface area contributed by atoms with Crippen molar-refractivity contribution in [3.8, 4) is 5.75 Å². The molecule has 0 fully saturated rings. The number of Topliss-reactive ketones (excluding diaryl/α,β-unsaturated/α-hetero) is 1. The van der Waals surface area contributed by atoms with Gasteiger partial charge in [0.15, 0.2) is 5.78 Å². The molecule has 1 rings (SSSR count). The minimum atomic E-state index is 0.0722. The van der Waals surface area contributed by atoms with Crippen LogP contribution in [0.2, 0.25) is 0 Å². The second kappa shape index (κ2) is 7.20. The van der Waals surface area contributed by atoms with Crippen LogP contribution in [0.3, 0.4) is 0 Å². The van der Waals surface area contributed by atoms with E-state index in [-0.39, 0.29) is 11.9 Å². The van der Waals surface area contributed by atoms with Gasteiger partial charge in [-0.3, -0.25) is 4.79 Å². The lowest BCUT2D eigenvalue weighted by Crippen LogP contribution is -2.09. The van der Waals surface area contributed by atoms with Crippen LogP contribution in [0.5, 0.6) is 5.75 Å². The summed E-state index contributed by atoms with van der Waals surface area (Å²) in [5.74, 6) is 0.778. The molecule has 0 spiro atoms. The average Bonchev–Trinajstić information content (AvgIpc) is 2.30. The fourth-order valence-electron chi connectivity index (χ4n) is 1.94. The van der Waals surface area contributed by atoms with Gasteiger partial charge in [0.05, 0.1) is 11.7 Å². The zero-order valence-corrected chi connectivity index (χ0v) is 12.0. The maximum absolute atomic E-state index is 11.6. The minimum absolute atomic E-state index is 0.0722. The van der Waals surface area contributed by atoms with Gasteiger partial charge in [-0.1, -0.05) is 25.8 Å². The van der Waals surface area contributed by atoms with Crippen LogP contribution in [0.1, 0.15) is 62.9 Å². The molecule has 100 valence electrons. The van der Waals surface area contributed by atoms with Crippen molar-refractivity contribution in [1.82, 2.24) is 0 Å². The Morgan fingerprint density at radius 3 is 2.56 bits per heavy atom. The number of benzene rings is 1. The lowest BCUT2D eigenvalue weighted by molar-refractivity contribution is 0.101. The van der Waals surface area contributed by atoms with E-state index in [0.29, 0.717) is 11.3 Å². The summed E-state index contributed by atoms with van der Waals surface area (Å²) in [4.78, 5) is 11.6. The van der Waals surface area contributed by atoms with Crippen molar-refractivity contribution in [3.63, 3.8) is 0 Å². The first kappa shape index (κ1) is 14.7. The second-order valence-electron chi connectivity index (χ2n) is 5.01. The third-order valence-electron chi connectivity index (χ3n) is 2.85. The van der Waals surface area contributed by atoms with Crippen LogP contribution in [0.4, 0.5) is 0 Å². The van der Waals surface area contributed by atoms with E-state index in [4.69, 9.17) is 4.74 Å². The van der Waals surface area contributed by atoms with Crippen LogP contribution in [0.25, 0.3) is 0 Å². The van der Waals surface area contributed by atoms with Gasteiger partial charge in [-0.15, -0.1) is 0 Å². The maximum atomic E-state index is 11.6. The molecule has 2 heteroatoms. The lowest BCUT2D eigenvalue weighted by Gasteiger charge is -2.14. The standard InChI is InChI=1S/C16H24O2/c1-5-6-7-8-14-9-10-16(18-12(2)3)15(11-14)13(4)17/h9-12H,5-8H2,1-4H3. The van der Waals surface area contributed by atoms with Crippen LogP contribution in [0, 0.1) is 0 Å². The van der Waals surface area contributed by atoms with Crippen molar-refractivity contribution in [2.75, 3.05) is 0 Å². The summed E-state index contributed by atoms with van der Waals surface area (Å²) in [5.41, 5.74) is 1.93. The third kappa shape index (κ3) is 4.52. The summed E-state index contributed by atoms with van der Waals surface area (Å²) in [6.45, 7) is 7.73. The van der Waals surface area contributed by atoms with Gasteiger partial charge in [-0.05, 0) is 51.3 Å². The number of carbonyl (C=O) groups excluding carboxylic acids is 1. The largest absolute Gasteiger partial charge is 0.490 e. The van der Waals surface area contributed by atoms with Crippen molar-refractivity contribution in [3.05, 3.63) is 29.3 Å². The van der Waals surface area contributed by atoms with Crippen LogP contribution in [0.15, 0.2) is 18.2 Å². The Balaban J connectivity index is 2.85. The molecule has 0 heterocycles. The van der Waals surface area contributed by atoms with Crippen LogP contribution in [-0.2, 0) is 6.42 Å². The highest BCUT2D eigenvalue weighted by Gasteiger charge is 2.10. The highest BCUT2D eigenvalue weighted by Crippen LogP contribution is 2.23. The second-order valence-corrected chi connectivity index (χ2v) is 5.01. The molecule has 0 saturated heterocycles. The van der Waals surface area contributed by atoms with Gasteiger partial charge >= 0.3 is 0 Å². The molecule has 0 unspecified atom stereocenters. The topological polar surface area (TPSA) is 26.3 Å². The molecule has 0 atom stereocenters. The van der Waals surface area contributed by atoms with Gasteiger partial charge in [0, 0.05) is 0 Å². The van der Waals surface area contributed by atoms with E-state index in [9.17, 15) is 4.79 Å². The summed E-state index contributed by atoms with van der Waals surface area (Å²) in [5, 5.41) is 0. The predicted octanol–water partition coefficient (Wildman–Crippen LogP) is 4.41. The Kier molecular flexibility index (Phi) is 5.90. The molecule has 0 aliphatic rings. The molecular weight excluding hydrogens is 224 g/mol. The molecule has 1 aromatic rings. The summed E-state index contributed by atoms with van der Waals surface area (Å²) in [6, 6.07) is 5.98. The molecule has 0 aliphatic carbocycles. The molecule has 0 saturated carbocycles. The molecule has 18 heavy (non-hydrogen) atoms. The molecule has 1 aromatic carbocycles. The number of hydrogen-bond acceptors (Lipinski definition) is 2. The van der Waals surface area contributed by atoms with Crippen LogP contribution in [-0.4, -0.2) is 11.9 Å². The first-order chi connectivity index (χ1) is 8.54. The molecule has 0 radical (unpaired) electrons. The number of rotatable bonds is 7. The number of carbonyl (C=O) groups is 1. The van der Waals surface area contributed by atoms with Crippen molar-refractivity contribution >= 4 is 5.78 Å². The third-order valence-corrected chi connectivity index (χ3v) is 2.85. The van der Waals surface area contributed by atoms with Crippen LogP contribution >= 0.6 is 0 Å². The molecule has 0 bridgehead atoms. The van der Waals surface area contributed by atoms with Gasteiger partial charge < -0.3 is 4.74 Å². The monoisotopic (exact) mass is 248 g/mol. The smallest absolute Gasteiger partial charge is 0.163 e. The molecule has 0 aromatic heterocycles. The Morgan fingerprint density at radius 2 is 2.00 bits per heavy atom. The Labute approximate surface area is 110 Å². The van der Waals surface area contributed by atoms with E-state index >= 15 is 0 Å². The van der Waals surface area contributed by atoms with Gasteiger partial charge in [0.2, 0.25) is 0 Å². The quantitative estimate of drug-likeness (QED) is 0.528. The summed E-state index contributed by atoms with van der Waals surface area (Å²) in [6.07, 6.45) is 4.76. The van der Waals surface area contributed by atoms with E-state index in [0.717, 1.165) is 6.42 Å². The Morgan fingerprint density at radius 1 is 1.28 bits per heavy atom. The average molecular weight is 248 g/mol.